The fourth-order valence-electron chi connectivity index (χ4n) is 2.77. The third kappa shape index (κ3) is 2.97. The number of amides is 1. The van der Waals surface area contributed by atoms with Crippen LogP contribution in [0.25, 0.3) is 0 Å². The first-order chi connectivity index (χ1) is 10.1. The zero-order chi connectivity index (χ0) is 14.8. The fourth-order valence-corrected chi connectivity index (χ4v) is 3.71. The molecular formula is C16H19N3OS. The van der Waals surface area contributed by atoms with E-state index in [0.717, 1.165) is 42.2 Å². The number of pyridine rings is 1. The van der Waals surface area contributed by atoms with E-state index in [1.54, 1.807) is 17.4 Å². The molecule has 0 spiro atoms. The Morgan fingerprint density at radius 2 is 2.10 bits per heavy atom. The van der Waals surface area contributed by atoms with E-state index in [-0.39, 0.29) is 11.9 Å². The van der Waals surface area contributed by atoms with Crippen LogP contribution < -0.4 is 0 Å². The number of aryl methyl sites for hydroxylation is 2. The summed E-state index contributed by atoms with van der Waals surface area (Å²) >= 11 is 1.65. The molecule has 1 atom stereocenters. The molecule has 2 aromatic rings. The molecule has 2 aromatic heterocycles. The van der Waals surface area contributed by atoms with Gasteiger partial charge in [0.05, 0.1) is 6.04 Å². The van der Waals surface area contributed by atoms with Crippen molar-refractivity contribution >= 4 is 17.2 Å². The maximum atomic E-state index is 12.8. The van der Waals surface area contributed by atoms with Gasteiger partial charge in [-0.3, -0.25) is 4.79 Å². The summed E-state index contributed by atoms with van der Waals surface area (Å²) in [5.74, 6) is 0.0243. The maximum Gasteiger partial charge on any atom is 0.273 e. The monoisotopic (exact) mass is 301 g/mol. The van der Waals surface area contributed by atoms with Crippen molar-refractivity contribution in [2.45, 2.75) is 39.2 Å². The number of rotatable bonds is 2. The molecule has 1 saturated heterocycles. The average molecular weight is 301 g/mol. The Hall–Kier alpha value is -1.75. The zero-order valence-corrected chi connectivity index (χ0v) is 13.2. The van der Waals surface area contributed by atoms with Gasteiger partial charge in [0, 0.05) is 23.3 Å². The van der Waals surface area contributed by atoms with Crippen LogP contribution in [-0.2, 0) is 0 Å². The molecule has 5 heteroatoms. The van der Waals surface area contributed by atoms with Crippen molar-refractivity contribution in [3.8, 4) is 0 Å². The molecule has 0 saturated carbocycles. The molecule has 1 amide bonds. The molecule has 0 bridgehead atoms. The number of hydrogen-bond acceptors (Lipinski definition) is 4. The minimum Gasteiger partial charge on any atom is -0.328 e. The van der Waals surface area contributed by atoms with Crippen LogP contribution in [0.1, 0.15) is 52.2 Å². The Labute approximate surface area is 128 Å². The van der Waals surface area contributed by atoms with E-state index in [9.17, 15) is 4.79 Å². The molecule has 0 aliphatic carbocycles. The highest BCUT2D eigenvalue weighted by molar-refractivity contribution is 7.09. The van der Waals surface area contributed by atoms with E-state index in [1.807, 2.05) is 30.9 Å². The van der Waals surface area contributed by atoms with Crippen LogP contribution in [-0.4, -0.2) is 27.3 Å². The number of piperidine rings is 1. The van der Waals surface area contributed by atoms with Gasteiger partial charge in [-0.1, -0.05) is 6.07 Å². The predicted molar refractivity (Wildman–Crippen MR) is 83.5 cm³/mol. The topological polar surface area (TPSA) is 46.1 Å². The third-order valence-corrected chi connectivity index (χ3v) is 4.86. The predicted octanol–water partition coefficient (Wildman–Crippen LogP) is 3.52. The largest absolute Gasteiger partial charge is 0.328 e. The summed E-state index contributed by atoms with van der Waals surface area (Å²) in [6, 6.07) is 5.71. The quantitative estimate of drug-likeness (QED) is 0.852. The highest BCUT2D eigenvalue weighted by Crippen LogP contribution is 2.33. The fraction of sp³-hybridized carbons (Fsp3) is 0.438. The first kappa shape index (κ1) is 14.2. The number of nitrogens with zero attached hydrogens (tertiary/aromatic N) is 3. The lowest BCUT2D eigenvalue weighted by atomic mass is 10.0. The summed E-state index contributed by atoms with van der Waals surface area (Å²) in [5.41, 5.74) is 2.44. The summed E-state index contributed by atoms with van der Waals surface area (Å²) in [7, 11) is 0. The highest BCUT2D eigenvalue weighted by Gasteiger charge is 2.31. The molecule has 3 rings (SSSR count). The summed E-state index contributed by atoms with van der Waals surface area (Å²) < 4.78 is 0. The molecule has 0 N–H and O–H groups in total. The minimum absolute atomic E-state index is 0.0243. The molecular weight excluding hydrogens is 282 g/mol. The van der Waals surface area contributed by atoms with Crippen LogP contribution in [0.3, 0.4) is 0 Å². The van der Waals surface area contributed by atoms with Gasteiger partial charge in [-0.05, 0) is 45.2 Å². The van der Waals surface area contributed by atoms with Crippen LogP contribution in [0, 0.1) is 13.8 Å². The van der Waals surface area contributed by atoms with Crippen molar-refractivity contribution in [3.05, 3.63) is 45.7 Å². The van der Waals surface area contributed by atoms with Gasteiger partial charge in [-0.15, -0.1) is 11.3 Å². The lowest BCUT2D eigenvalue weighted by Gasteiger charge is -2.34. The van der Waals surface area contributed by atoms with Crippen LogP contribution in [0.15, 0.2) is 23.6 Å². The minimum atomic E-state index is 0.0243. The molecule has 0 radical (unpaired) electrons. The summed E-state index contributed by atoms with van der Waals surface area (Å²) in [6.45, 7) is 4.70. The first-order valence-electron chi connectivity index (χ1n) is 7.32. The van der Waals surface area contributed by atoms with Crippen molar-refractivity contribution in [2.24, 2.45) is 0 Å². The van der Waals surface area contributed by atoms with Gasteiger partial charge in [-0.2, -0.15) is 0 Å². The van der Waals surface area contributed by atoms with Crippen LogP contribution >= 0.6 is 11.3 Å². The van der Waals surface area contributed by atoms with Gasteiger partial charge in [0.2, 0.25) is 0 Å². The van der Waals surface area contributed by atoms with Crippen molar-refractivity contribution < 1.29 is 4.79 Å². The SMILES string of the molecule is Cc1cccc(C(=O)N2CCCC[C@H]2c2nc(C)cs2)n1. The second-order valence-corrected chi connectivity index (χ2v) is 6.39. The summed E-state index contributed by atoms with van der Waals surface area (Å²) in [4.78, 5) is 23.7. The number of hydrogen-bond donors (Lipinski definition) is 0. The molecule has 1 fully saturated rings. The Balaban J connectivity index is 1.89. The molecule has 1 aliphatic rings. The molecule has 110 valence electrons. The number of aromatic nitrogens is 2. The average Bonchev–Trinajstić information content (AvgIpc) is 2.93. The van der Waals surface area contributed by atoms with Gasteiger partial charge in [0.25, 0.3) is 5.91 Å². The zero-order valence-electron chi connectivity index (χ0n) is 12.4. The molecule has 4 nitrogen and oxygen atoms in total. The number of carbonyl (C=O) groups excluding carboxylic acids is 1. The molecule has 1 aliphatic heterocycles. The van der Waals surface area contributed by atoms with Crippen molar-refractivity contribution in [1.82, 2.24) is 14.9 Å². The van der Waals surface area contributed by atoms with E-state index in [0.29, 0.717) is 5.69 Å². The molecule has 3 heterocycles. The van der Waals surface area contributed by atoms with E-state index < -0.39 is 0 Å². The number of likely N-dealkylation sites (tertiary alicyclic amines) is 1. The van der Waals surface area contributed by atoms with Gasteiger partial charge in [-0.25, -0.2) is 9.97 Å². The Bertz CT molecular complexity index is 652. The van der Waals surface area contributed by atoms with Crippen LogP contribution in [0.5, 0.6) is 0 Å². The van der Waals surface area contributed by atoms with Gasteiger partial charge in [0.1, 0.15) is 10.7 Å². The molecule has 0 unspecified atom stereocenters. The van der Waals surface area contributed by atoms with Gasteiger partial charge >= 0.3 is 0 Å². The van der Waals surface area contributed by atoms with E-state index in [4.69, 9.17) is 0 Å². The molecule has 21 heavy (non-hydrogen) atoms. The second-order valence-electron chi connectivity index (χ2n) is 5.50. The van der Waals surface area contributed by atoms with Crippen LogP contribution in [0.2, 0.25) is 0 Å². The molecule has 0 aromatic carbocycles. The Morgan fingerprint density at radius 3 is 2.81 bits per heavy atom. The summed E-state index contributed by atoms with van der Waals surface area (Å²) in [5, 5.41) is 3.10. The smallest absolute Gasteiger partial charge is 0.273 e. The lowest BCUT2D eigenvalue weighted by molar-refractivity contribution is 0.0604. The number of thiazole rings is 1. The normalized spacial score (nSPS) is 18.8. The lowest BCUT2D eigenvalue weighted by Crippen LogP contribution is -2.38. The van der Waals surface area contributed by atoms with E-state index >= 15 is 0 Å². The second kappa shape index (κ2) is 5.93. The standard InChI is InChI=1S/C16H19N3OS/c1-11-6-5-7-13(17-11)16(20)19-9-4-3-8-14(19)15-18-12(2)10-21-15/h5-7,10,14H,3-4,8-9H2,1-2H3/t14-/m0/s1. The number of carbonyl (C=O) groups is 1. The summed E-state index contributed by atoms with van der Waals surface area (Å²) in [6.07, 6.45) is 3.19. The van der Waals surface area contributed by atoms with E-state index in [1.165, 1.54) is 0 Å². The maximum absolute atomic E-state index is 12.8. The van der Waals surface area contributed by atoms with Crippen molar-refractivity contribution in [3.63, 3.8) is 0 Å². The Kier molecular flexibility index (Phi) is 4.01. The van der Waals surface area contributed by atoms with Gasteiger partial charge < -0.3 is 4.90 Å². The van der Waals surface area contributed by atoms with E-state index in [2.05, 4.69) is 15.3 Å². The van der Waals surface area contributed by atoms with Gasteiger partial charge in [0.15, 0.2) is 0 Å². The van der Waals surface area contributed by atoms with Crippen LogP contribution in [0.4, 0.5) is 0 Å². The highest BCUT2D eigenvalue weighted by atomic mass is 32.1. The Morgan fingerprint density at radius 1 is 1.24 bits per heavy atom. The first-order valence-corrected chi connectivity index (χ1v) is 8.20. The third-order valence-electron chi connectivity index (χ3n) is 3.79. The van der Waals surface area contributed by atoms with Crippen molar-refractivity contribution in [1.29, 1.82) is 0 Å². The van der Waals surface area contributed by atoms with Crippen molar-refractivity contribution in [2.75, 3.05) is 6.54 Å².